The first-order valence-electron chi connectivity index (χ1n) is 7.10. The highest BCUT2D eigenvalue weighted by Crippen LogP contribution is 2.29. The van der Waals surface area contributed by atoms with E-state index in [1.807, 2.05) is 0 Å². The van der Waals surface area contributed by atoms with Gasteiger partial charge in [0.25, 0.3) is 5.69 Å². The molecule has 0 aliphatic heterocycles. The fourth-order valence-corrected chi connectivity index (χ4v) is 2.22. The van der Waals surface area contributed by atoms with Crippen molar-refractivity contribution in [1.29, 1.82) is 0 Å². The number of aliphatic carboxylic acids is 1. The number of hydrogen-bond donors (Lipinski definition) is 2. The van der Waals surface area contributed by atoms with Crippen molar-refractivity contribution in [3.63, 3.8) is 0 Å². The number of carbonyl (C=O) groups is 1. The summed E-state index contributed by atoms with van der Waals surface area (Å²) in [5.74, 6) is -1.26. The molecule has 120 valence electrons. The maximum absolute atomic E-state index is 11.1. The van der Waals surface area contributed by atoms with E-state index in [1.54, 1.807) is 42.5 Å². The number of benzene rings is 2. The van der Waals surface area contributed by atoms with Crippen molar-refractivity contribution in [2.45, 2.75) is 25.4 Å². The molecule has 0 heterocycles. The number of nitrogens with zero attached hydrogens (tertiary/aromatic N) is 1. The Morgan fingerprint density at radius 2 is 1.78 bits per heavy atom. The smallest absolute Gasteiger partial charge is 0.335 e. The minimum Gasteiger partial charge on any atom is -0.479 e. The van der Waals surface area contributed by atoms with Crippen LogP contribution in [0, 0.1) is 10.1 Å². The van der Waals surface area contributed by atoms with Crippen LogP contribution < -0.4 is 0 Å². The van der Waals surface area contributed by atoms with E-state index in [9.17, 15) is 20.0 Å². The largest absolute Gasteiger partial charge is 0.479 e. The van der Waals surface area contributed by atoms with Gasteiger partial charge in [-0.2, -0.15) is 0 Å². The van der Waals surface area contributed by atoms with Crippen molar-refractivity contribution < 1.29 is 19.9 Å². The summed E-state index contributed by atoms with van der Waals surface area (Å²) >= 11 is 0. The third-order valence-corrected chi connectivity index (χ3v) is 3.73. The highest BCUT2D eigenvalue weighted by Gasteiger charge is 2.29. The van der Waals surface area contributed by atoms with Crippen molar-refractivity contribution in [2.24, 2.45) is 0 Å². The molecule has 6 nitrogen and oxygen atoms in total. The number of para-hydroxylation sites is 1. The molecule has 0 aliphatic carbocycles. The minimum absolute atomic E-state index is 0.0362. The summed E-state index contributed by atoms with van der Waals surface area (Å²) in [4.78, 5) is 21.5. The second kappa shape index (κ2) is 6.58. The molecule has 0 fully saturated rings. The van der Waals surface area contributed by atoms with Crippen LogP contribution in [0.15, 0.2) is 48.5 Å². The van der Waals surface area contributed by atoms with Gasteiger partial charge in [0.1, 0.15) is 0 Å². The lowest BCUT2D eigenvalue weighted by atomic mass is 9.95. The third-order valence-electron chi connectivity index (χ3n) is 3.73. The van der Waals surface area contributed by atoms with Gasteiger partial charge in [0.05, 0.1) is 10.5 Å². The average Bonchev–Trinajstić information content (AvgIpc) is 2.53. The zero-order valence-corrected chi connectivity index (χ0v) is 12.6. The Labute approximate surface area is 133 Å². The van der Waals surface area contributed by atoms with Gasteiger partial charge in [-0.1, -0.05) is 36.4 Å². The zero-order valence-electron chi connectivity index (χ0n) is 12.6. The molecule has 0 spiro atoms. The first-order valence-corrected chi connectivity index (χ1v) is 7.10. The van der Waals surface area contributed by atoms with Crippen molar-refractivity contribution in [1.82, 2.24) is 0 Å². The Kier molecular flexibility index (Phi) is 4.76. The number of carboxylic acid groups (broad SMARTS) is 1. The van der Waals surface area contributed by atoms with Gasteiger partial charge in [0, 0.05) is 6.07 Å². The highest BCUT2D eigenvalue weighted by atomic mass is 16.6. The third kappa shape index (κ3) is 3.92. The van der Waals surface area contributed by atoms with Crippen LogP contribution in [-0.2, 0) is 11.2 Å². The van der Waals surface area contributed by atoms with Gasteiger partial charge in [0.15, 0.2) is 5.60 Å². The van der Waals surface area contributed by atoms with E-state index in [2.05, 4.69) is 0 Å². The zero-order chi connectivity index (χ0) is 17.0. The maximum Gasteiger partial charge on any atom is 0.335 e. The molecule has 0 aliphatic rings. The molecule has 2 aromatic rings. The second-order valence-corrected chi connectivity index (χ2v) is 5.55. The molecule has 6 heteroatoms. The van der Waals surface area contributed by atoms with E-state index in [1.165, 1.54) is 13.0 Å². The fourth-order valence-electron chi connectivity index (χ4n) is 2.22. The fraction of sp³-hybridized carbons (Fsp3) is 0.235. The molecular weight excluding hydrogens is 298 g/mol. The first-order chi connectivity index (χ1) is 10.8. The van der Waals surface area contributed by atoms with E-state index < -0.39 is 16.5 Å². The Hall–Kier alpha value is -2.73. The minimum atomic E-state index is -1.77. The summed E-state index contributed by atoms with van der Waals surface area (Å²) in [6.07, 6.45) is 0.490. The van der Waals surface area contributed by atoms with Gasteiger partial charge in [-0.3, -0.25) is 10.1 Å². The Morgan fingerprint density at radius 1 is 1.17 bits per heavy atom. The van der Waals surface area contributed by atoms with Crippen LogP contribution in [0.5, 0.6) is 0 Å². The van der Waals surface area contributed by atoms with Crippen LogP contribution in [0.1, 0.15) is 18.9 Å². The number of hydrogen-bond acceptors (Lipinski definition) is 4. The molecule has 1 atom stereocenters. The summed E-state index contributed by atoms with van der Waals surface area (Å²) in [5, 5.41) is 29.7. The van der Waals surface area contributed by atoms with Crippen LogP contribution in [0.25, 0.3) is 11.1 Å². The van der Waals surface area contributed by atoms with Crippen molar-refractivity contribution in [3.8, 4) is 11.1 Å². The quantitative estimate of drug-likeness (QED) is 0.630. The maximum atomic E-state index is 11.1. The lowest BCUT2D eigenvalue weighted by Crippen LogP contribution is -2.35. The Morgan fingerprint density at radius 3 is 2.35 bits per heavy atom. The van der Waals surface area contributed by atoms with E-state index >= 15 is 0 Å². The molecule has 2 N–H and O–H groups in total. The molecule has 0 saturated heterocycles. The van der Waals surface area contributed by atoms with E-state index in [-0.39, 0.29) is 12.1 Å². The predicted octanol–water partition coefficient (Wildman–Crippen LogP) is 3.03. The van der Waals surface area contributed by atoms with Gasteiger partial charge in [0.2, 0.25) is 0 Å². The first kappa shape index (κ1) is 16.6. The molecule has 0 bridgehead atoms. The van der Waals surface area contributed by atoms with E-state index in [4.69, 9.17) is 5.11 Å². The molecule has 0 radical (unpaired) electrons. The van der Waals surface area contributed by atoms with Crippen molar-refractivity contribution >= 4 is 11.7 Å². The number of rotatable bonds is 6. The average molecular weight is 315 g/mol. The van der Waals surface area contributed by atoms with Gasteiger partial charge < -0.3 is 10.2 Å². The summed E-state index contributed by atoms with van der Waals surface area (Å²) < 4.78 is 0. The van der Waals surface area contributed by atoms with Gasteiger partial charge >= 0.3 is 5.97 Å². The second-order valence-electron chi connectivity index (χ2n) is 5.55. The molecule has 0 saturated carbocycles. The summed E-state index contributed by atoms with van der Waals surface area (Å²) in [6.45, 7) is 1.26. The molecule has 0 amide bonds. The van der Waals surface area contributed by atoms with Gasteiger partial charge in [-0.25, -0.2) is 4.79 Å². The Balaban J connectivity index is 2.18. The monoisotopic (exact) mass is 315 g/mol. The highest BCUT2D eigenvalue weighted by molar-refractivity contribution is 5.76. The number of aryl methyl sites for hydroxylation is 1. The van der Waals surface area contributed by atoms with E-state index in [0.717, 1.165) is 5.56 Å². The van der Waals surface area contributed by atoms with Gasteiger partial charge in [-0.05, 0) is 37.0 Å². The lowest BCUT2D eigenvalue weighted by molar-refractivity contribution is -0.384. The molecule has 2 aromatic carbocycles. The van der Waals surface area contributed by atoms with Crippen LogP contribution in [0.2, 0.25) is 0 Å². The molecular formula is C17H17NO5. The standard InChI is InChI=1S/C17H17NO5/c1-17(21,16(19)20)11-10-12-6-8-13(9-7-12)14-4-2-3-5-15(14)18(22)23/h2-9,21H,10-11H2,1H3,(H,19,20). The number of aliphatic hydroxyl groups is 1. The van der Waals surface area contributed by atoms with Gasteiger partial charge in [-0.15, -0.1) is 0 Å². The molecule has 2 rings (SSSR count). The summed E-state index contributed by atoms with van der Waals surface area (Å²) in [7, 11) is 0. The summed E-state index contributed by atoms with van der Waals surface area (Å²) in [6, 6.07) is 13.6. The van der Waals surface area contributed by atoms with Crippen LogP contribution in [0.3, 0.4) is 0 Å². The molecule has 0 aromatic heterocycles. The predicted molar refractivity (Wildman–Crippen MR) is 85.1 cm³/mol. The van der Waals surface area contributed by atoms with Crippen LogP contribution >= 0.6 is 0 Å². The summed E-state index contributed by atoms with van der Waals surface area (Å²) in [5.41, 5.74) is 0.368. The topological polar surface area (TPSA) is 101 Å². The van der Waals surface area contributed by atoms with Crippen LogP contribution in [0.4, 0.5) is 5.69 Å². The van der Waals surface area contributed by atoms with Crippen molar-refractivity contribution in [2.75, 3.05) is 0 Å². The SMILES string of the molecule is CC(O)(CCc1ccc(-c2ccccc2[N+](=O)[O-])cc1)C(=O)O. The van der Waals surface area contributed by atoms with Crippen LogP contribution in [-0.4, -0.2) is 26.7 Å². The number of nitro groups is 1. The molecule has 1 unspecified atom stereocenters. The molecule has 23 heavy (non-hydrogen) atoms. The van der Waals surface area contributed by atoms with E-state index in [0.29, 0.717) is 17.5 Å². The number of nitro benzene ring substituents is 1. The lowest BCUT2D eigenvalue weighted by Gasteiger charge is -2.17. The number of carboxylic acids is 1. The van der Waals surface area contributed by atoms with Crippen molar-refractivity contribution in [3.05, 3.63) is 64.2 Å². The normalized spacial score (nSPS) is 13.3. The Bertz CT molecular complexity index is 722.